The average Bonchev–Trinajstić information content (AvgIpc) is 2.31. The number of nitro groups is 1. The van der Waals surface area contributed by atoms with E-state index < -0.39 is 10.7 Å². The van der Waals surface area contributed by atoms with Gasteiger partial charge in [-0.25, -0.2) is 4.39 Å². The molecule has 0 radical (unpaired) electrons. The van der Waals surface area contributed by atoms with Gasteiger partial charge in [-0.05, 0) is 19.4 Å². The highest BCUT2D eigenvalue weighted by Crippen LogP contribution is 2.24. The monoisotopic (exact) mass is 242 g/mol. The molecule has 0 aliphatic rings. The van der Waals surface area contributed by atoms with E-state index >= 15 is 0 Å². The first-order valence-electron chi connectivity index (χ1n) is 5.40. The van der Waals surface area contributed by atoms with Crippen LogP contribution in [0.2, 0.25) is 0 Å². The van der Waals surface area contributed by atoms with Gasteiger partial charge in [-0.1, -0.05) is 0 Å². The van der Waals surface area contributed by atoms with E-state index in [4.69, 9.17) is 5.11 Å². The van der Waals surface area contributed by atoms with Gasteiger partial charge >= 0.3 is 0 Å². The molecular weight excluding hydrogens is 227 g/mol. The number of aliphatic hydroxyl groups excluding tert-OH is 1. The first-order valence-corrected chi connectivity index (χ1v) is 5.40. The highest BCUT2D eigenvalue weighted by atomic mass is 19.1. The van der Waals surface area contributed by atoms with Crippen molar-refractivity contribution in [1.82, 2.24) is 0 Å². The van der Waals surface area contributed by atoms with Crippen molar-refractivity contribution in [2.24, 2.45) is 0 Å². The van der Waals surface area contributed by atoms with E-state index in [2.05, 4.69) is 0 Å². The van der Waals surface area contributed by atoms with Crippen LogP contribution < -0.4 is 4.90 Å². The van der Waals surface area contributed by atoms with Gasteiger partial charge in [-0.3, -0.25) is 10.1 Å². The van der Waals surface area contributed by atoms with Crippen LogP contribution in [0.5, 0.6) is 0 Å². The van der Waals surface area contributed by atoms with Gasteiger partial charge in [0.15, 0.2) is 5.82 Å². The molecule has 1 rings (SSSR count). The third kappa shape index (κ3) is 3.39. The predicted molar refractivity (Wildman–Crippen MR) is 62.6 cm³/mol. The maximum atomic E-state index is 13.7. The molecular formula is C11H15FN2O3. The number of halogens is 1. The molecule has 1 N–H and O–H groups in total. The number of aliphatic hydroxyl groups is 1. The first kappa shape index (κ1) is 13.4. The van der Waals surface area contributed by atoms with Gasteiger partial charge in [0.05, 0.1) is 16.7 Å². The molecule has 0 atom stereocenters. The zero-order valence-corrected chi connectivity index (χ0v) is 9.60. The van der Waals surface area contributed by atoms with E-state index in [1.807, 2.05) is 6.92 Å². The summed E-state index contributed by atoms with van der Waals surface area (Å²) in [5, 5.41) is 19.2. The van der Waals surface area contributed by atoms with Crippen LogP contribution in [-0.2, 0) is 0 Å². The highest BCUT2D eigenvalue weighted by molar-refractivity contribution is 5.52. The Labute approximate surface area is 98.6 Å². The van der Waals surface area contributed by atoms with Crippen LogP contribution in [-0.4, -0.2) is 29.7 Å². The van der Waals surface area contributed by atoms with E-state index in [0.29, 0.717) is 25.2 Å². The van der Waals surface area contributed by atoms with E-state index in [-0.39, 0.29) is 12.3 Å². The Hall–Kier alpha value is -1.69. The molecule has 0 spiro atoms. The molecule has 1 aromatic carbocycles. The van der Waals surface area contributed by atoms with E-state index in [1.165, 1.54) is 12.1 Å². The summed E-state index contributed by atoms with van der Waals surface area (Å²) in [7, 11) is 0. The second kappa shape index (κ2) is 6.15. The number of hydrogen-bond acceptors (Lipinski definition) is 4. The molecule has 0 aliphatic heterocycles. The smallest absolute Gasteiger partial charge is 0.272 e. The van der Waals surface area contributed by atoms with Gasteiger partial charge in [0.2, 0.25) is 0 Å². The third-order valence-corrected chi connectivity index (χ3v) is 2.45. The SMILES string of the molecule is CCN(CCCO)c1ccc([N+](=O)[O-])cc1F. The van der Waals surface area contributed by atoms with Crippen LogP contribution in [0, 0.1) is 15.9 Å². The van der Waals surface area contributed by atoms with E-state index in [0.717, 1.165) is 6.07 Å². The molecule has 0 saturated carbocycles. The Morgan fingerprint density at radius 2 is 2.24 bits per heavy atom. The lowest BCUT2D eigenvalue weighted by molar-refractivity contribution is -0.385. The standard InChI is InChI=1S/C11H15FN2O3/c1-2-13(6-3-7-15)11-5-4-9(14(16)17)8-10(11)12/h4-5,8,15H,2-3,6-7H2,1H3. The molecule has 94 valence electrons. The van der Waals surface area contributed by atoms with Crippen molar-refractivity contribution in [3.05, 3.63) is 34.1 Å². The number of rotatable bonds is 6. The van der Waals surface area contributed by atoms with Crippen LogP contribution in [0.15, 0.2) is 18.2 Å². The van der Waals surface area contributed by atoms with Gasteiger partial charge in [-0.15, -0.1) is 0 Å². The van der Waals surface area contributed by atoms with Crippen LogP contribution in [0.1, 0.15) is 13.3 Å². The van der Waals surface area contributed by atoms with E-state index in [9.17, 15) is 14.5 Å². The topological polar surface area (TPSA) is 66.6 Å². The fourth-order valence-electron chi connectivity index (χ4n) is 1.58. The zero-order valence-electron chi connectivity index (χ0n) is 9.60. The average molecular weight is 242 g/mol. The molecule has 17 heavy (non-hydrogen) atoms. The number of hydrogen-bond donors (Lipinski definition) is 1. The van der Waals surface area contributed by atoms with Gasteiger partial charge in [-0.2, -0.15) is 0 Å². The number of anilines is 1. The van der Waals surface area contributed by atoms with Crippen molar-refractivity contribution in [2.45, 2.75) is 13.3 Å². The fraction of sp³-hybridized carbons (Fsp3) is 0.455. The molecule has 0 fully saturated rings. The molecule has 1 aromatic rings. The molecule has 0 bridgehead atoms. The van der Waals surface area contributed by atoms with Crippen molar-refractivity contribution in [2.75, 3.05) is 24.6 Å². The van der Waals surface area contributed by atoms with Crippen molar-refractivity contribution < 1.29 is 14.4 Å². The van der Waals surface area contributed by atoms with E-state index in [1.54, 1.807) is 4.90 Å². The normalized spacial score (nSPS) is 10.3. The Kier molecular flexibility index (Phi) is 4.84. The minimum atomic E-state index is -0.628. The van der Waals surface area contributed by atoms with Crippen molar-refractivity contribution >= 4 is 11.4 Å². The summed E-state index contributed by atoms with van der Waals surface area (Å²) in [4.78, 5) is 11.6. The van der Waals surface area contributed by atoms with Crippen molar-refractivity contribution in [1.29, 1.82) is 0 Å². The van der Waals surface area contributed by atoms with Gasteiger partial charge in [0.25, 0.3) is 5.69 Å². The lowest BCUT2D eigenvalue weighted by Crippen LogP contribution is -2.25. The maximum absolute atomic E-state index is 13.7. The summed E-state index contributed by atoms with van der Waals surface area (Å²) in [6.07, 6.45) is 0.532. The molecule has 5 nitrogen and oxygen atoms in total. The molecule has 0 saturated heterocycles. The maximum Gasteiger partial charge on any atom is 0.272 e. The van der Waals surface area contributed by atoms with Gasteiger partial charge < -0.3 is 10.0 Å². The minimum absolute atomic E-state index is 0.0328. The summed E-state index contributed by atoms with van der Waals surface area (Å²) >= 11 is 0. The number of benzene rings is 1. The first-order chi connectivity index (χ1) is 8.10. The zero-order chi connectivity index (χ0) is 12.8. The second-order valence-corrected chi connectivity index (χ2v) is 3.55. The number of nitrogens with zero attached hydrogens (tertiary/aromatic N) is 2. The Morgan fingerprint density at radius 3 is 2.71 bits per heavy atom. The van der Waals surface area contributed by atoms with Crippen molar-refractivity contribution in [3.63, 3.8) is 0 Å². The Balaban J connectivity index is 2.92. The molecule has 0 unspecified atom stereocenters. The summed E-state index contributed by atoms with van der Waals surface area (Å²) in [6.45, 7) is 2.99. The molecule has 0 aliphatic carbocycles. The number of nitro benzene ring substituents is 1. The predicted octanol–water partition coefficient (Wildman–Crippen LogP) is 1.94. The third-order valence-electron chi connectivity index (χ3n) is 2.45. The molecule has 0 amide bonds. The Morgan fingerprint density at radius 1 is 1.53 bits per heavy atom. The van der Waals surface area contributed by atoms with Crippen LogP contribution in [0.4, 0.5) is 15.8 Å². The summed E-state index contributed by atoms with van der Waals surface area (Å²) in [6, 6.07) is 3.59. The summed E-state index contributed by atoms with van der Waals surface area (Å²) in [5.74, 6) is -0.612. The van der Waals surface area contributed by atoms with Gasteiger partial charge in [0.1, 0.15) is 0 Å². The van der Waals surface area contributed by atoms with Crippen LogP contribution >= 0.6 is 0 Å². The Bertz CT molecular complexity index is 398. The summed E-state index contributed by atoms with van der Waals surface area (Å²) in [5.41, 5.74) is 0.0658. The minimum Gasteiger partial charge on any atom is -0.396 e. The van der Waals surface area contributed by atoms with Gasteiger partial charge in [0, 0.05) is 25.8 Å². The van der Waals surface area contributed by atoms with Crippen LogP contribution in [0.3, 0.4) is 0 Å². The molecule has 6 heteroatoms. The molecule has 0 aromatic heterocycles. The highest BCUT2D eigenvalue weighted by Gasteiger charge is 2.14. The molecule has 0 heterocycles. The largest absolute Gasteiger partial charge is 0.396 e. The summed E-state index contributed by atoms with van der Waals surface area (Å²) < 4.78 is 13.7. The van der Waals surface area contributed by atoms with Crippen LogP contribution in [0.25, 0.3) is 0 Å². The van der Waals surface area contributed by atoms with Crippen molar-refractivity contribution in [3.8, 4) is 0 Å². The second-order valence-electron chi connectivity index (χ2n) is 3.55. The fourth-order valence-corrected chi connectivity index (χ4v) is 1.58. The number of non-ortho nitro benzene ring substituents is 1. The lowest BCUT2D eigenvalue weighted by Gasteiger charge is -2.22. The lowest BCUT2D eigenvalue weighted by atomic mass is 10.2. The quantitative estimate of drug-likeness (QED) is 0.611.